The van der Waals surface area contributed by atoms with Gasteiger partial charge in [-0.3, -0.25) is 9.59 Å². The van der Waals surface area contributed by atoms with Crippen molar-refractivity contribution < 1.29 is 14.7 Å². The molecule has 116 valence electrons. The van der Waals surface area contributed by atoms with Gasteiger partial charge < -0.3 is 15.7 Å². The lowest BCUT2D eigenvalue weighted by molar-refractivity contribution is -0.136. The first-order valence-electron chi connectivity index (χ1n) is 7.23. The fraction of sp³-hybridized carbons (Fsp3) is 0.500. The molecule has 21 heavy (non-hydrogen) atoms. The molecule has 0 radical (unpaired) electrons. The minimum absolute atomic E-state index is 0.0140. The average Bonchev–Trinajstić information content (AvgIpc) is 2.51. The van der Waals surface area contributed by atoms with Crippen molar-refractivity contribution >= 4 is 17.5 Å². The van der Waals surface area contributed by atoms with Gasteiger partial charge >= 0.3 is 11.8 Å². The molecular weight excluding hydrogens is 268 g/mol. The number of hydrogen-bond donors (Lipinski definition) is 3. The van der Waals surface area contributed by atoms with Crippen molar-refractivity contribution in [1.82, 2.24) is 5.32 Å². The van der Waals surface area contributed by atoms with Crippen LogP contribution >= 0.6 is 0 Å². The molecule has 3 N–H and O–H groups in total. The highest BCUT2D eigenvalue weighted by molar-refractivity contribution is 6.39. The first kappa shape index (κ1) is 17.2. The summed E-state index contributed by atoms with van der Waals surface area (Å²) in [6.45, 7) is 6.13. The highest BCUT2D eigenvalue weighted by Gasteiger charge is 2.27. The molecule has 0 atom stereocenters. The minimum atomic E-state index is -0.696. The van der Waals surface area contributed by atoms with Crippen LogP contribution in [0.25, 0.3) is 0 Å². The molecule has 1 aromatic carbocycles. The van der Waals surface area contributed by atoms with Crippen LogP contribution in [0.3, 0.4) is 0 Å². The van der Waals surface area contributed by atoms with Crippen LogP contribution in [0.5, 0.6) is 0 Å². The van der Waals surface area contributed by atoms with Crippen LogP contribution in [0.2, 0.25) is 0 Å². The van der Waals surface area contributed by atoms with E-state index in [2.05, 4.69) is 10.6 Å². The molecule has 5 heteroatoms. The highest BCUT2D eigenvalue weighted by atomic mass is 16.3. The first-order valence-corrected chi connectivity index (χ1v) is 7.23. The number of rotatable bonds is 6. The summed E-state index contributed by atoms with van der Waals surface area (Å²) in [5.41, 5.74) is 1.30. The van der Waals surface area contributed by atoms with Crippen molar-refractivity contribution in [2.75, 3.05) is 18.5 Å². The lowest BCUT2D eigenvalue weighted by Crippen LogP contribution is -2.43. The quantitative estimate of drug-likeness (QED) is 0.700. The Hall–Kier alpha value is -1.88. The Balaban J connectivity index is 2.55. The molecule has 0 aliphatic rings. The lowest BCUT2D eigenvalue weighted by Gasteiger charge is -2.29. The first-order chi connectivity index (χ1) is 9.96. The molecule has 0 aromatic heterocycles. The zero-order chi connectivity index (χ0) is 15.9. The molecule has 0 aliphatic carbocycles. The van der Waals surface area contributed by atoms with E-state index in [1.165, 1.54) is 0 Å². The molecule has 0 heterocycles. The average molecular weight is 292 g/mol. The predicted molar refractivity (Wildman–Crippen MR) is 82.9 cm³/mol. The Morgan fingerprint density at radius 2 is 1.67 bits per heavy atom. The van der Waals surface area contributed by atoms with E-state index in [9.17, 15) is 14.7 Å². The molecule has 0 aliphatic heterocycles. The topological polar surface area (TPSA) is 78.4 Å². The maximum Gasteiger partial charge on any atom is 0.313 e. The smallest absolute Gasteiger partial charge is 0.313 e. The number of aliphatic hydroxyl groups excluding tert-OH is 1. The van der Waals surface area contributed by atoms with E-state index >= 15 is 0 Å². The van der Waals surface area contributed by atoms with Gasteiger partial charge in [0.1, 0.15) is 0 Å². The molecule has 0 bridgehead atoms. The van der Waals surface area contributed by atoms with Crippen LogP contribution in [-0.4, -0.2) is 30.1 Å². The number of aryl methyl sites for hydroxylation is 1. The summed E-state index contributed by atoms with van der Waals surface area (Å²) in [5.74, 6) is -1.38. The number of anilines is 1. The lowest BCUT2D eigenvalue weighted by atomic mass is 9.83. The molecule has 2 amide bonds. The third-order valence-electron chi connectivity index (χ3n) is 3.98. The van der Waals surface area contributed by atoms with Crippen molar-refractivity contribution in [2.45, 2.75) is 33.6 Å². The van der Waals surface area contributed by atoms with Crippen LogP contribution in [0, 0.1) is 12.3 Å². The molecule has 1 aromatic rings. The summed E-state index contributed by atoms with van der Waals surface area (Å²) < 4.78 is 0. The van der Waals surface area contributed by atoms with E-state index < -0.39 is 11.8 Å². The number of amides is 2. The molecule has 0 saturated carbocycles. The van der Waals surface area contributed by atoms with Crippen LogP contribution in [0.15, 0.2) is 24.3 Å². The van der Waals surface area contributed by atoms with Crippen molar-refractivity contribution in [3.63, 3.8) is 0 Å². The van der Waals surface area contributed by atoms with Gasteiger partial charge in [0, 0.05) is 17.6 Å². The molecule has 0 saturated heterocycles. The van der Waals surface area contributed by atoms with E-state index in [1.54, 1.807) is 12.1 Å². The zero-order valence-corrected chi connectivity index (χ0v) is 12.9. The van der Waals surface area contributed by atoms with Gasteiger partial charge in [-0.05, 0) is 31.9 Å². The molecule has 0 spiro atoms. The Morgan fingerprint density at radius 1 is 1.10 bits per heavy atom. The van der Waals surface area contributed by atoms with E-state index in [1.807, 2.05) is 32.9 Å². The van der Waals surface area contributed by atoms with Gasteiger partial charge in [-0.25, -0.2) is 0 Å². The summed E-state index contributed by atoms with van der Waals surface area (Å²) in [6, 6.07) is 7.21. The number of nitrogens with one attached hydrogen (secondary N) is 2. The summed E-state index contributed by atoms with van der Waals surface area (Å²) in [5, 5.41) is 14.6. The SMILES string of the molecule is CCC(CC)(CO)CNC(=O)C(=O)Nc1ccc(C)cc1. The number of carbonyl (C=O) groups excluding carboxylic acids is 2. The summed E-state index contributed by atoms with van der Waals surface area (Å²) >= 11 is 0. The number of carbonyl (C=O) groups is 2. The number of hydrogen-bond acceptors (Lipinski definition) is 3. The van der Waals surface area contributed by atoms with Crippen LogP contribution in [0.4, 0.5) is 5.69 Å². The number of aliphatic hydroxyl groups is 1. The van der Waals surface area contributed by atoms with Crippen molar-refractivity contribution in [3.8, 4) is 0 Å². The van der Waals surface area contributed by atoms with Crippen molar-refractivity contribution in [3.05, 3.63) is 29.8 Å². The maximum atomic E-state index is 11.8. The van der Waals surface area contributed by atoms with Crippen molar-refractivity contribution in [1.29, 1.82) is 0 Å². The summed E-state index contributed by atoms with van der Waals surface area (Å²) in [4.78, 5) is 23.6. The van der Waals surface area contributed by atoms with Gasteiger partial charge in [0.25, 0.3) is 0 Å². The van der Waals surface area contributed by atoms with Crippen LogP contribution in [-0.2, 0) is 9.59 Å². The van der Waals surface area contributed by atoms with Gasteiger partial charge in [-0.15, -0.1) is 0 Å². The zero-order valence-electron chi connectivity index (χ0n) is 12.9. The van der Waals surface area contributed by atoms with E-state index in [0.717, 1.165) is 18.4 Å². The van der Waals surface area contributed by atoms with E-state index in [0.29, 0.717) is 5.69 Å². The molecule has 5 nitrogen and oxygen atoms in total. The summed E-state index contributed by atoms with van der Waals surface area (Å²) in [7, 11) is 0. The Bertz CT molecular complexity index is 471. The maximum absolute atomic E-state index is 11.8. The summed E-state index contributed by atoms with van der Waals surface area (Å²) in [6.07, 6.45) is 1.47. The van der Waals surface area contributed by atoms with Gasteiger partial charge in [-0.2, -0.15) is 0 Å². The van der Waals surface area contributed by atoms with Crippen LogP contribution in [0.1, 0.15) is 32.3 Å². The van der Waals surface area contributed by atoms with Crippen molar-refractivity contribution in [2.24, 2.45) is 5.41 Å². The van der Waals surface area contributed by atoms with Crippen LogP contribution < -0.4 is 10.6 Å². The standard InChI is InChI=1S/C16H24N2O3/c1-4-16(5-2,11-19)10-17-14(20)15(21)18-13-8-6-12(3)7-9-13/h6-9,19H,4-5,10-11H2,1-3H3,(H,17,20)(H,18,21). The van der Waals surface area contributed by atoms with E-state index in [-0.39, 0.29) is 18.6 Å². The Kier molecular flexibility index (Phi) is 6.37. The second-order valence-corrected chi connectivity index (χ2v) is 5.37. The fourth-order valence-electron chi connectivity index (χ4n) is 1.95. The second-order valence-electron chi connectivity index (χ2n) is 5.37. The monoisotopic (exact) mass is 292 g/mol. The van der Waals surface area contributed by atoms with Gasteiger partial charge in [-0.1, -0.05) is 31.5 Å². The highest BCUT2D eigenvalue weighted by Crippen LogP contribution is 2.24. The second kappa shape index (κ2) is 7.78. The van der Waals surface area contributed by atoms with E-state index in [4.69, 9.17) is 0 Å². The third kappa shape index (κ3) is 4.86. The van der Waals surface area contributed by atoms with Gasteiger partial charge in [0.15, 0.2) is 0 Å². The fourth-order valence-corrected chi connectivity index (χ4v) is 1.95. The molecule has 0 fully saturated rings. The molecule has 1 rings (SSSR count). The molecular formula is C16H24N2O3. The predicted octanol–water partition coefficient (Wildman–Crippen LogP) is 1.85. The Labute approximate surface area is 125 Å². The Morgan fingerprint density at radius 3 is 2.14 bits per heavy atom. The van der Waals surface area contributed by atoms with Gasteiger partial charge in [0.05, 0.1) is 6.61 Å². The minimum Gasteiger partial charge on any atom is -0.396 e. The third-order valence-corrected chi connectivity index (χ3v) is 3.98. The largest absolute Gasteiger partial charge is 0.396 e. The normalized spacial score (nSPS) is 11.0. The number of benzene rings is 1. The molecule has 0 unspecified atom stereocenters. The van der Waals surface area contributed by atoms with Gasteiger partial charge in [0.2, 0.25) is 0 Å².